The lowest BCUT2D eigenvalue weighted by Gasteiger charge is -2.08. The van der Waals surface area contributed by atoms with Gasteiger partial charge in [0, 0.05) is 18.2 Å². The van der Waals surface area contributed by atoms with E-state index in [0.717, 1.165) is 22.9 Å². The van der Waals surface area contributed by atoms with Crippen LogP contribution in [0.15, 0.2) is 53.6 Å². The molecule has 3 rings (SSSR count). The van der Waals surface area contributed by atoms with E-state index in [9.17, 15) is 8.42 Å². The number of hydrogen-bond acceptors (Lipinski definition) is 4. The molecular formula is C20H20N2O3S. The van der Waals surface area contributed by atoms with Crippen LogP contribution >= 0.6 is 0 Å². The van der Waals surface area contributed by atoms with Crippen molar-refractivity contribution in [2.45, 2.75) is 31.1 Å². The van der Waals surface area contributed by atoms with Gasteiger partial charge in [0.15, 0.2) is 0 Å². The second kappa shape index (κ2) is 7.32. The van der Waals surface area contributed by atoms with Gasteiger partial charge >= 0.3 is 0 Å². The van der Waals surface area contributed by atoms with Crippen molar-refractivity contribution >= 4 is 20.9 Å². The van der Waals surface area contributed by atoms with Crippen molar-refractivity contribution in [3.63, 3.8) is 0 Å². The number of rotatable bonds is 6. The predicted octanol–water partition coefficient (Wildman–Crippen LogP) is 3.37. The number of aliphatic hydroxyl groups excluding tert-OH is 1. The molecule has 5 nitrogen and oxygen atoms in total. The van der Waals surface area contributed by atoms with Crippen LogP contribution in [0.5, 0.6) is 0 Å². The molecule has 2 aromatic carbocycles. The molecule has 134 valence electrons. The number of aromatic nitrogens is 1. The Balaban J connectivity index is 2.16. The summed E-state index contributed by atoms with van der Waals surface area (Å²) >= 11 is 0. The smallest absolute Gasteiger partial charge is 0.268 e. The maximum absolute atomic E-state index is 13.1. The van der Waals surface area contributed by atoms with Crippen LogP contribution in [0.3, 0.4) is 0 Å². The Labute approximate surface area is 153 Å². The molecule has 0 bridgehead atoms. The largest absolute Gasteiger partial charge is 0.396 e. The van der Waals surface area contributed by atoms with Gasteiger partial charge in [-0.1, -0.05) is 17.7 Å². The van der Waals surface area contributed by atoms with Crippen LogP contribution < -0.4 is 0 Å². The molecule has 0 unspecified atom stereocenters. The molecule has 0 spiro atoms. The van der Waals surface area contributed by atoms with Crippen molar-refractivity contribution < 1.29 is 13.5 Å². The van der Waals surface area contributed by atoms with Crippen LogP contribution in [0, 0.1) is 18.3 Å². The van der Waals surface area contributed by atoms with Gasteiger partial charge < -0.3 is 5.11 Å². The SMILES string of the molecule is Cc1ccc(S(=O)(=O)n2cc(CCCCO)c3cc(C#N)ccc32)cc1. The molecule has 26 heavy (non-hydrogen) atoms. The first-order chi connectivity index (χ1) is 12.5. The van der Waals surface area contributed by atoms with Gasteiger partial charge in [0.25, 0.3) is 10.0 Å². The number of aliphatic hydroxyl groups is 1. The Morgan fingerprint density at radius 2 is 1.85 bits per heavy atom. The van der Waals surface area contributed by atoms with Crippen LogP contribution in [0.1, 0.15) is 29.5 Å². The van der Waals surface area contributed by atoms with Crippen molar-refractivity contribution in [2.75, 3.05) is 6.61 Å². The molecule has 0 saturated carbocycles. The molecule has 0 aliphatic heterocycles. The number of benzene rings is 2. The van der Waals surface area contributed by atoms with E-state index >= 15 is 0 Å². The van der Waals surface area contributed by atoms with Gasteiger partial charge in [-0.25, -0.2) is 12.4 Å². The van der Waals surface area contributed by atoms with Crippen molar-refractivity contribution in [1.29, 1.82) is 5.26 Å². The average molecular weight is 368 g/mol. The molecule has 1 N–H and O–H groups in total. The van der Waals surface area contributed by atoms with Gasteiger partial charge in [0.1, 0.15) is 0 Å². The van der Waals surface area contributed by atoms with Crippen LogP contribution in [0.2, 0.25) is 0 Å². The van der Waals surface area contributed by atoms with Crippen LogP contribution in [-0.4, -0.2) is 24.1 Å². The predicted molar refractivity (Wildman–Crippen MR) is 100 cm³/mol. The molecule has 6 heteroatoms. The Kier molecular flexibility index (Phi) is 5.12. The van der Waals surface area contributed by atoms with Gasteiger partial charge in [0.05, 0.1) is 22.0 Å². The summed E-state index contributed by atoms with van der Waals surface area (Å²) in [6.07, 6.45) is 3.67. The van der Waals surface area contributed by atoms with E-state index in [4.69, 9.17) is 10.4 Å². The Bertz CT molecular complexity index is 1070. The summed E-state index contributed by atoms with van der Waals surface area (Å²) in [5.74, 6) is 0. The molecule has 0 aliphatic carbocycles. The van der Waals surface area contributed by atoms with Gasteiger partial charge in [-0.15, -0.1) is 0 Å². The van der Waals surface area contributed by atoms with E-state index in [1.54, 1.807) is 48.7 Å². The molecule has 3 aromatic rings. The Morgan fingerprint density at radius 3 is 2.50 bits per heavy atom. The lowest BCUT2D eigenvalue weighted by Crippen LogP contribution is -2.11. The van der Waals surface area contributed by atoms with Crippen molar-refractivity contribution in [2.24, 2.45) is 0 Å². The monoisotopic (exact) mass is 368 g/mol. The summed E-state index contributed by atoms with van der Waals surface area (Å²) in [7, 11) is -3.73. The highest BCUT2D eigenvalue weighted by Crippen LogP contribution is 2.28. The maximum atomic E-state index is 13.1. The highest BCUT2D eigenvalue weighted by molar-refractivity contribution is 7.90. The van der Waals surface area contributed by atoms with Crippen molar-refractivity contribution in [3.8, 4) is 6.07 Å². The third kappa shape index (κ3) is 3.36. The van der Waals surface area contributed by atoms with Gasteiger partial charge in [0.2, 0.25) is 0 Å². The van der Waals surface area contributed by atoms with E-state index < -0.39 is 10.0 Å². The summed E-state index contributed by atoms with van der Waals surface area (Å²) in [6.45, 7) is 2.01. The fourth-order valence-corrected chi connectivity index (χ4v) is 4.38. The first kappa shape index (κ1) is 18.2. The lowest BCUT2D eigenvalue weighted by molar-refractivity contribution is 0.284. The van der Waals surface area contributed by atoms with Crippen LogP contribution in [0.4, 0.5) is 0 Å². The quantitative estimate of drug-likeness (QED) is 0.676. The van der Waals surface area contributed by atoms with E-state index in [-0.39, 0.29) is 11.5 Å². The zero-order valence-electron chi connectivity index (χ0n) is 14.5. The fourth-order valence-electron chi connectivity index (χ4n) is 2.98. The third-order valence-electron chi connectivity index (χ3n) is 4.41. The Hall–Kier alpha value is -2.62. The summed E-state index contributed by atoms with van der Waals surface area (Å²) in [6, 6.07) is 13.9. The van der Waals surface area contributed by atoms with Gasteiger partial charge in [-0.05, 0) is 62.1 Å². The highest BCUT2D eigenvalue weighted by atomic mass is 32.2. The van der Waals surface area contributed by atoms with E-state index in [1.807, 2.05) is 6.92 Å². The van der Waals surface area contributed by atoms with Crippen molar-refractivity contribution in [1.82, 2.24) is 3.97 Å². The summed E-state index contributed by atoms with van der Waals surface area (Å²) in [5.41, 5.74) is 2.90. The van der Waals surface area contributed by atoms with E-state index in [2.05, 4.69) is 6.07 Å². The minimum absolute atomic E-state index is 0.101. The molecule has 1 aromatic heterocycles. The summed E-state index contributed by atoms with van der Waals surface area (Å²) in [5, 5.41) is 18.9. The minimum Gasteiger partial charge on any atom is -0.396 e. The summed E-state index contributed by atoms with van der Waals surface area (Å²) in [4.78, 5) is 0.228. The molecule has 0 atom stereocenters. The number of hydrogen-bond donors (Lipinski definition) is 1. The first-order valence-corrected chi connectivity index (χ1v) is 9.88. The van der Waals surface area contributed by atoms with Crippen LogP contribution in [0.25, 0.3) is 10.9 Å². The number of nitrogens with zero attached hydrogens (tertiary/aromatic N) is 2. The van der Waals surface area contributed by atoms with Crippen LogP contribution in [-0.2, 0) is 16.4 Å². The lowest BCUT2D eigenvalue weighted by atomic mass is 10.1. The first-order valence-electron chi connectivity index (χ1n) is 8.44. The third-order valence-corrected chi connectivity index (χ3v) is 6.10. The van der Waals surface area contributed by atoms with Crippen molar-refractivity contribution in [3.05, 3.63) is 65.4 Å². The van der Waals surface area contributed by atoms with Gasteiger partial charge in [-0.2, -0.15) is 5.26 Å². The molecule has 0 amide bonds. The normalized spacial score (nSPS) is 11.6. The summed E-state index contributed by atoms with van der Waals surface area (Å²) < 4.78 is 27.5. The molecule has 0 aliphatic rings. The standard InChI is InChI=1S/C20H20N2O3S/c1-15-5-8-18(9-6-15)26(24,25)22-14-17(4-2-3-11-23)19-12-16(13-21)7-10-20(19)22/h5-10,12,14,23H,2-4,11H2,1H3. The Morgan fingerprint density at radius 1 is 1.12 bits per heavy atom. The minimum atomic E-state index is -3.73. The van der Waals surface area contributed by atoms with E-state index in [1.165, 1.54) is 3.97 Å². The maximum Gasteiger partial charge on any atom is 0.268 e. The fraction of sp³-hybridized carbons (Fsp3) is 0.250. The average Bonchev–Trinajstić information content (AvgIpc) is 3.01. The molecule has 1 heterocycles. The highest BCUT2D eigenvalue weighted by Gasteiger charge is 2.21. The second-order valence-electron chi connectivity index (χ2n) is 6.29. The number of aryl methyl sites for hydroxylation is 2. The molecule has 0 radical (unpaired) electrons. The molecular weight excluding hydrogens is 348 g/mol. The molecule has 0 saturated heterocycles. The zero-order chi connectivity index (χ0) is 18.7. The van der Waals surface area contributed by atoms with Gasteiger partial charge in [-0.3, -0.25) is 0 Å². The second-order valence-corrected chi connectivity index (χ2v) is 8.11. The number of nitriles is 1. The topological polar surface area (TPSA) is 83.1 Å². The zero-order valence-corrected chi connectivity index (χ0v) is 15.3. The number of fused-ring (bicyclic) bond motifs is 1. The molecule has 0 fully saturated rings. The van der Waals surface area contributed by atoms with E-state index in [0.29, 0.717) is 23.9 Å². The number of unbranched alkanes of at least 4 members (excludes halogenated alkanes) is 1.